The molecule has 0 radical (unpaired) electrons. The topological polar surface area (TPSA) is 60.5 Å². The Hall–Kier alpha value is -3.42. The van der Waals surface area contributed by atoms with Crippen molar-refractivity contribution in [1.82, 2.24) is 10.3 Å². The first-order valence-corrected chi connectivity index (χ1v) is 13.9. The van der Waals surface area contributed by atoms with Crippen molar-refractivity contribution in [2.45, 2.75) is 52.2 Å². The highest BCUT2D eigenvalue weighted by atomic mass is 35.5. The molecule has 0 bridgehead atoms. The number of halogens is 1. The van der Waals surface area contributed by atoms with Crippen LogP contribution in [0.15, 0.2) is 66.9 Å². The predicted octanol–water partition coefficient (Wildman–Crippen LogP) is 7.14. The second-order valence-corrected chi connectivity index (χ2v) is 11.9. The average Bonchev–Trinajstić information content (AvgIpc) is 3.25. The first kappa shape index (κ1) is 27.2. The van der Waals surface area contributed by atoms with Gasteiger partial charge in [-0.2, -0.15) is 0 Å². The van der Waals surface area contributed by atoms with Crippen molar-refractivity contribution in [1.29, 1.82) is 0 Å². The maximum atomic E-state index is 12.3. The first-order chi connectivity index (χ1) is 18.5. The summed E-state index contributed by atoms with van der Waals surface area (Å²) in [5.41, 5.74) is 7.03. The van der Waals surface area contributed by atoms with Gasteiger partial charge in [0, 0.05) is 36.1 Å². The molecule has 2 aliphatic rings. The summed E-state index contributed by atoms with van der Waals surface area (Å²) in [7, 11) is 2.14. The van der Waals surface area contributed by atoms with E-state index in [0.717, 1.165) is 16.9 Å². The van der Waals surface area contributed by atoms with Gasteiger partial charge in [0.05, 0.1) is 34.0 Å². The van der Waals surface area contributed by atoms with Crippen LogP contribution < -0.4 is 20.4 Å². The highest BCUT2D eigenvalue weighted by molar-refractivity contribution is 7.80. The molecule has 2 aliphatic heterocycles. The number of thiocarbonyl (C=S) groups is 1. The van der Waals surface area contributed by atoms with Gasteiger partial charge in [-0.3, -0.25) is 9.78 Å². The van der Waals surface area contributed by atoms with E-state index in [0.29, 0.717) is 15.8 Å². The van der Waals surface area contributed by atoms with Crippen LogP contribution in [0.5, 0.6) is 0 Å². The Kier molecular flexibility index (Phi) is 7.16. The Balaban J connectivity index is 1.60. The number of nitrogens with zero attached hydrogens (tertiary/aromatic N) is 3. The lowest BCUT2D eigenvalue weighted by Gasteiger charge is -2.41. The SMILES string of the molecule is CC1=CC(C)(C)N(C)c2ccc([C@H]3[C@H](c4ccccn4)NC(=S)N3c3ccc(NC(=O)C(C)C)c(Cl)c3)cc21. The highest BCUT2D eigenvalue weighted by Crippen LogP contribution is 2.45. The van der Waals surface area contributed by atoms with Crippen molar-refractivity contribution in [3.63, 3.8) is 0 Å². The third-order valence-corrected chi connectivity index (χ3v) is 8.32. The molecule has 2 N–H and O–H groups in total. The van der Waals surface area contributed by atoms with E-state index >= 15 is 0 Å². The molecule has 1 amide bonds. The molecule has 5 rings (SSSR count). The van der Waals surface area contributed by atoms with Crippen LogP contribution in [-0.2, 0) is 4.79 Å². The summed E-state index contributed by atoms with van der Waals surface area (Å²) in [5.74, 6) is -0.229. The predicted molar refractivity (Wildman–Crippen MR) is 165 cm³/mol. The van der Waals surface area contributed by atoms with Crippen molar-refractivity contribution in [3.05, 3.63) is 88.7 Å². The fourth-order valence-corrected chi connectivity index (χ4v) is 5.93. The zero-order valence-corrected chi connectivity index (χ0v) is 24.7. The van der Waals surface area contributed by atoms with Crippen molar-refractivity contribution >= 4 is 57.5 Å². The molecule has 2 atom stereocenters. The molecule has 2 aromatic carbocycles. The quantitative estimate of drug-likeness (QED) is 0.324. The molecule has 0 spiro atoms. The maximum Gasteiger partial charge on any atom is 0.226 e. The first-order valence-electron chi connectivity index (χ1n) is 13.2. The number of allylic oxidation sites excluding steroid dienone is 1. The van der Waals surface area contributed by atoms with E-state index in [1.54, 1.807) is 6.20 Å². The van der Waals surface area contributed by atoms with Gasteiger partial charge in [-0.25, -0.2) is 0 Å². The van der Waals surface area contributed by atoms with Gasteiger partial charge in [-0.15, -0.1) is 0 Å². The molecule has 0 aliphatic carbocycles. The Labute approximate surface area is 241 Å². The number of nitrogens with one attached hydrogen (secondary N) is 2. The maximum absolute atomic E-state index is 12.3. The number of carbonyl (C=O) groups excluding carboxylic acids is 1. The average molecular weight is 560 g/mol. The standard InChI is InChI=1S/C31H34ClN5OS/c1-18(2)29(38)34-24-12-11-21(16-23(24)32)37-28(27(35-30(37)39)25-9-7-8-14-33-25)20-10-13-26-22(15-20)19(3)17-31(4,5)36(26)6/h7-18,27-28H,1-6H3,(H,34,38)(H,35,39)/t27-,28-/m0/s1. The summed E-state index contributed by atoms with van der Waals surface area (Å²) < 4.78 is 0. The van der Waals surface area contributed by atoms with Crippen LogP contribution in [-0.4, -0.2) is 28.6 Å². The van der Waals surface area contributed by atoms with Crippen LogP contribution in [0.2, 0.25) is 5.02 Å². The molecule has 202 valence electrons. The Morgan fingerprint density at radius 3 is 2.59 bits per heavy atom. The van der Waals surface area contributed by atoms with Gasteiger partial charge in [0.25, 0.3) is 0 Å². The van der Waals surface area contributed by atoms with Crippen LogP contribution in [0.3, 0.4) is 0 Å². The number of benzene rings is 2. The number of fused-ring (bicyclic) bond motifs is 1. The number of anilines is 3. The van der Waals surface area contributed by atoms with Gasteiger partial charge < -0.3 is 20.4 Å². The van der Waals surface area contributed by atoms with E-state index in [2.05, 4.69) is 77.5 Å². The fourth-order valence-electron chi connectivity index (χ4n) is 5.37. The van der Waals surface area contributed by atoms with Crippen molar-refractivity contribution < 1.29 is 4.79 Å². The van der Waals surface area contributed by atoms with Crippen LogP contribution in [0.1, 0.15) is 63.5 Å². The van der Waals surface area contributed by atoms with E-state index in [-0.39, 0.29) is 29.4 Å². The largest absolute Gasteiger partial charge is 0.366 e. The molecule has 1 fully saturated rings. The highest BCUT2D eigenvalue weighted by Gasteiger charge is 2.41. The molecule has 39 heavy (non-hydrogen) atoms. The normalized spacial score (nSPS) is 20.0. The van der Waals surface area contributed by atoms with E-state index in [9.17, 15) is 4.79 Å². The van der Waals surface area contributed by atoms with E-state index in [1.807, 2.05) is 50.2 Å². The van der Waals surface area contributed by atoms with Crippen molar-refractivity contribution in [2.24, 2.45) is 5.92 Å². The van der Waals surface area contributed by atoms with E-state index in [4.69, 9.17) is 23.8 Å². The summed E-state index contributed by atoms with van der Waals surface area (Å²) >= 11 is 12.6. The molecule has 1 saturated heterocycles. The van der Waals surface area contributed by atoms with Gasteiger partial charge in [0.15, 0.2) is 5.11 Å². The summed E-state index contributed by atoms with van der Waals surface area (Å²) in [4.78, 5) is 21.4. The van der Waals surface area contributed by atoms with E-state index < -0.39 is 0 Å². The second-order valence-electron chi connectivity index (χ2n) is 11.1. The van der Waals surface area contributed by atoms with E-state index in [1.165, 1.54) is 16.8 Å². The lowest BCUT2D eigenvalue weighted by molar-refractivity contribution is -0.118. The minimum atomic E-state index is -0.169. The molecule has 3 aromatic rings. The lowest BCUT2D eigenvalue weighted by Crippen LogP contribution is -2.42. The molecule has 0 saturated carbocycles. The zero-order valence-electron chi connectivity index (χ0n) is 23.1. The number of pyridine rings is 1. The Bertz CT molecular complexity index is 1470. The van der Waals surface area contributed by atoms with Crippen LogP contribution in [0.25, 0.3) is 5.57 Å². The number of hydrogen-bond acceptors (Lipinski definition) is 4. The number of rotatable bonds is 5. The third-order valence-electron chi connectivity index (χ3n) is 7.69. The fraction of sp³-hybridized carbons (Fsp3) is 0.323. The van der Waals surface area contributed by atoms with Crippen molar-refractivity contribution in [3.8, 4) is 0 Å². The van der Waals surface area contributed by atoms with Gasteiger partial charge in [-0.1, -0.05) is 43.7 Å². The molecule has 3 heterocycles. The molecule has 6 nitrogen and oxygen atoms in total. The monoisotopic (exact) mass is 559 g/mol. The summed E-state index contributed by atoms with van der Waals surface area (Å²) in [6.45, 7) is 10.3. The number of aromatic nitrogens is 1. The third kappa shape index (κ3) is 5.01. The molecular weight excluding hydrogens is 526 g/mol. The second kappa shape index (κ2) is 10.3. The van der Waals surface area contributed by atoms with Crippen LogP contribution in [0, 0.1) is 5.92 Å². The van der Waals surface area contributed by atoms with Gasteiger partial charge >= 0.3 is 0 Å². The zero-order chi connectivity index (χ0) is 28.1. The van der Waals surface area contributed by atoms with Crippen LogP contribution >= 0.6 is 23.8 Å². The summed E-state index contributed by atoms with van der Waals surface area (Å²) in [6.07, 6.45) is 4.12. The minimum Gasteiger partial charge on any atom is -0.366 e. The van der Waals surface area contributed by atoms with Crippen molar-refractivity contribution in [2.75, 3.05) is 22.2 Å². The Morgan fingerprint density at radius 1 is 1.15 bits per heavy atom. The minimum absolute atomic E-state index is 0.0684. The van der Waals surface area contributed by atoms with Gasteiger partial charge in [-0.05, 0) is 86.6 Å². The lowest BCUT2D eigenvalue weighted by atomic mass is 9.86. The van der Waals surface area contributed by atoms with Crippen LogP contribution in [0.4, 0.5) is 17.1 Å². The molecule has 8 heteroatoms. The molecular formula is C31H34ClN5OS. The smallest absolute Gasteiger partial charge is 0.226 e. The molecule has 0 unspecified atom stereocenters. The number of amides is 1. The number of hydrogen-bond donors (Lipinski definition) is 2. The summed E-state index contributed by atoms with van der Waals surface area (Å²) in [5, 5.41) is 7.47. The molecule has 1 aromatic heterocycles. The number of likely N-dealkylation sites (N-methyl/N-ethyl adjacent to an activating group) is 1. The Morgan fingerprint density at radius 2 is 1.92 bits per heavy atom. The summed E-state index contributed by atoms with van der Waals surface area (Å²) in [6, 6.07) is 17.9. The van der Waals surface area contributed by atoms with Gasteiger partial charge in [0.1, 0.15) is 0 Å². The number of carbonyl (C=O) groups is 1. The van der Waals surface area contributed by atoms with Gasteiger partial charge in [0.2, 0.25) is 5.91 Å².